The molecule has 1 N–H and O–H groups in total. The van der Waals surface area contributed by atoms with Gasteiger partial charge in [-0.25, -0.2) is 0 Å². The zero-order valence-corrected chi connectivity index (χ0v) is 13.2. The van der Waals surface area contributed by atoms with E-state index in [1.807, 2.05) is 6.92 Å². The maximum Gasteiger partial charge on any atom is 0.320 e. The van der Waals surface area contributed by atoms with E-state index in [2.05, 4.69) is 22.0 Å². The van der Waals surface area contributed by atoms with E-state index in [1.165, 1.54) is 25.8 Å². The third-order valence-electron chi connectivity index (χ3n) is 3.70. The van der Waals surface area contributed by atoms with Crippen LogP contribution in [0.1, 0.15) is 33.1 Å². The summed E-state index contributed by atoms with van der Waals surface area (Å²) in [6.45, 7) is 12.5. The fraction of sp³-hybridized carbons (Fsp3) is 0.933. The topological polar surface area (TPSA) is 44.8 Å². The Kier molecular flexibility index (Phi) is 9.62. The van der Waals surface area contributed by atoms with Gasteiger partial charge in [0.1, 0.15) is 0 Å². The van der Waals surface area contributed by atoms with E-state index in [4.69, 9.17) is 4.74 Å². The van der Waals surface area contributed by atoms with Gasteiger partial charge in [-0.15, -0.1) is 0 Å². The summed E-state index contributed by atoms with van der Waals surface area (Å²) in [4.78, 5) is 16.1. The van der Waals surface area contributed by atoms with Gasteiger partial charge < -0.3 is 15.0 Å². The van der Waals surface area contributed by atoms with Crippen LogP contribution in [-0.4, -0.2) is 74.7 Å². The summed E-state index contributed by atoms with van der Waals surface area (Å²) in [5, 5.41) is 3.36. The molecule has 5 heteroatoms. The quantitative estimate of drug-likeness (QED) is 0.478. The highest BCUT2D eigenvalue weighted by atomic mass is 16.5. The van der Waals surface area contributed by atoms with Gasteiger partial charge in [0.05, 0.1) is 13.2 Å². The molecule has 1 fully saturated rings. The molecule has 0 aliphatic carbocycles. The number of unbranched alkanes of at least 4 members (excludes halogenated alkanes) is 2. The Morgan fingerprint density at radius 1 is 1.05 bits per heavy atom. The van der Waals surface area contributed by atoms with Crippen LogP contribution in [0.15, 0.2) is 0 Å². The van der Waals surface area contributed by atoms with Crippen molar-refractivity contribution in [2.24, 2.45) is 0 Å². The van der Waals surface area contributed by atoms with Crippen LogP contribution in [-0.2, 0) is 9.53 Å². The second-order valence-electron chi connectivity index (χ2n) is 5.34. The predicted octanol–water partition coefficient (Wildman–Crippen LogP) is 0.947. The number of hydrogen-bond acceptors (Lipinski definition) is 5. The number of nitrogens with zero attached hydrogens (tertiary/aromatic N) is 2. The first-order chi connectivity index (χ1) is 9.76. The summed E-state index contributed by atoms with van der Waals surface area (Å²) < 4.78 is 4.98. The van der Waals surface area contributed by atoms with Crippen LogP contribution in [0.5, 0.6) is 0 Å². The second-order valence-corrected chi connectivity index (χ2v) is 5.34. The maximum atomic E-state index is 11.4. The minimum atomic E-state index is -0.0932. The molecule has 0 radical (unpaired) electrons. The molecule has 1 aliphatic heterocycles. The van der Waals surface area contributed by atoms with Crippen molar-refractivity contribution in [3.05, 3.63) is 0 Å². The molecule has 0 atom stereocenters. The first-order valence-electron chi connectivity index (χ1n) is 8.07. The number of piperazine rings is 1. The van der Waals surface area contributed by atoms with Crippen LogP contribution >= 0.6 is 0 Å². The number of hydrogen-bond donors (Lipinski definition) is 1. The summed E-state index contributed by atoms with van der Waals surface area (Å²) in [7, 11) is 0. The van der Waals surface area contributed by atoms with Gasteiger partial charge in [-0.1, -0.05) is 13.3 Å². The normalized spacial score (nSPS) is 17.3. The first kappa shape index (κ1) is 17.4. The fourth-order valence-electron chi connectivity index (χ4n) is 2.50. The Balaban J connectivity index is 2.00. The minimum Gasteiger partial charge on any atom is -0.465 e. The molecule has 5 nitrogen and oxygen atoms in total. The Morgan fingerprint density at radius 3 is 2.40 bits per heavy atom. The Hall–Kier alpha value is -0.650. The molecular formula is C15H31N3O2. The van der Waals surface area contributed by atoms with Gasteiger partial charge >= 0.3 is 5.97 Å². The van der Waals surface area contributed by atoms with Crippen molar-refractivity contribution in [2.45, 2.75) is 33.1 Å². The molecular weight excluding hydrogens is 254 g/mol. The molecule has 20 heavy (non-hydrogen) atoms. The van der Waals surface area contributed by atoms with Gasteiger partial charge in [0, 0.05) is 26.2 Å². The van der Waals surface area contributed by atoms with E-state index in [-0.39, 0.29) is 5.97 Å². The molecule has 1 heterocycles. The fourth-order valence-corrected chi connectivity index (χ4v) is 2.50. The lowest BCUT2D eigenvalue weighted by Crippen LogP contribution is -2.48. The van der Waals surface area contributed by atoms with Gasteiger partial charge in [-0.2, -0.15) is 0 Å². The Bertz CT molecular complexity index is 254. The standard InChI is InChI=1S/C15H31N3O2/c1-3-16-8-6-5-7-9-17-10-12-18(13-11-17)14-15(19)20-4-2/h16H,3-14H2,1-2H3. The number of carbonyl (C=O) groups is 1. The summed E-state index contributed by atoms with van der Waals surface area (Å²) in [5.41, 5.74) is 0. The van der Waals surface area contributed by atoms with E-state index in [1.54, 1.807) is 0 Å². The average molecular weight is 285 g/mol. The number of ether oxygens (including phenoxy) is 1. The van der Waals surface area contributed by atoms with Crippen LogP contribution in [0.25, 0.3) is 0 Å². The van der Waals surface area contributed by atoms with Crippen LogP contribution in [0.2, 0.25) is 0 Å². The molecule has 0 bridgehead atoms. The third kappa shape index (κ3) is 7.82. The summed E-state index contributed by atoms with van der Waals surface area (Å²) in [6.07, 6.45) is 3.86. The summed E-state index contributed by atoms with van der Waals surface area (Å²) in [5.74, 6) is -0.0932. The molecule has 0 amide bonds. The highest BCUT2D eigenvalue weighted by Gasteiger charge is 2.18. The van der Waals surface area contributed by atoms with Gasteiger partial charge in [-0.3, -0.25) is 9.69 Å². The lowest BCUT2D eigenvalue weighted by Gasteiger charge is -2.34. The van der Waals surface area contributed by atoms with Crippen LogP contribution in [0, 0.1) is 0 Å². The van der Waals surface area contributed by atoms with Gasteiger partial charge in [0.15, 0.2) is 0 Å². The average Bonchev–Trinajstić information content (AvgIpc) is 2.45. The predicted molar refractivity (Wildman–Crippen MR) is 81.9 cm³/mol. The first-order valence-corrected chi connectivity index (χ1v) is 8.07. The van der Waals surface area contributed by atoms with Gasteiger partial charge in [-0.05, 0) is 39.4 Å². The molecule has 0 saturated carbocycles. The smallest absolute Gasteiger partial charge is 0.320 e. The van der Waals surface area contributed by atoms with E-state index >= 15 is 0 Å². The highest BCUT2D eigenvalue weighted by molar-refractivity contribution is 5.71. The van der Waals surface area contributed by atoms with Crippen molar-refractivity contribution >= 4 is 5.97 Å². The monoisotopic (exact) mass is 285 g/mol. The minimum absolute atomic E-state index is 0.0932. The zero-order valence-electron chi connectivity index (χ0n) is 13.2. The highest BCUT2D eigenvalue weighted by Crippen LogP contribution is 2.04. The third-order valence-corrected chi connectivity index (χ3v) is 3.70. The van der Waals surface area contributed by atoms with Gasteiger partial charge in [0.25, 0.3) is 0 Å². The van der Waals surface area contributed by atoms with E-state index in [9.17, 15) is 4.79 Å². The summed E-state index contributed by atoms with van der Waals surface area (Å²) >= 11 is 0. The Morgan fingerprint density at radius 2 is 1.75 bits per heavy atom. The Labute approximate surface area is 123 Å². The molecule has 0 spiro atoms. The molecule has 0 aromatic rings. The van der Waals surface area contributed by atoms with Crippen molar-refractivity contribution in [3.8, 4) is 0 Å². The molecule has 1 saturated heterocycles. The lowest BCUT2D eigenvalue weighted by molar-refractivity contribution is -0.144. The van der Waals surface area contributed by atoms with Crippen molar-refractivity contribution in [1.82, 2.24) is 15.1 Å². The largest absolute Gasteiger partial charge is 0.465 e. The van der Waals surface area contributed by atoms with E-state index < -0.39 is 0 Å². The second kappa shape index (κ2) is 11.1. The zero-order chi connectivity index (χ0) is 14.6. The molecule has 0 unspecified atom stereocenters. The van der Waals surface area contributed by atoms with Crippen molar-refractivity contribution < 1.29 is 9.53 Å². The number of rotatable bonds is 10. The number of esters is 1. The summed E-state index contributed by atoms with van der Waals surface area (Å²) in [6, 6.07) is 0. The molecule has 118 valence electrons. The van der Waals surface area contributed by atoms with E-state index in [0.717, 1.165) is 39.3 Å². The van der Waals surface area contributed by atoms with Gasteiger partial charge in [0.2, 0.25) is 0 Å². The van der Waals surface area contributed by atoms with Crippen LogP contribution in [0.3, 0.4) is 0 Å². The van der Waals surface area contributed by atoms with Crippen molar-refractivity contribution in [3.63, 3.8) is 0 Å². The number of nitrogens with one attached hydrogen (secondary N) is 1. The van der Waals surface area contributed by atoms with Crippen molar-refractivity contribution in [1.29, 1.82) is 0 Å². The maximum absolute atomic E-state index is 11.4. The van der Waals surface area contributed by atoms with Crippen molar-refractivity contribution in [2.75, 3.05) is 59.0 Å². The van der Waals surface area contributed by atoms with Crippen LogP contribution in [0.4, 0.5) is 0 Å². The molecule has 1 rings (SSSR count). The van der Waals surface area contributed by atoms with E-state index in [0.29, 0.717) is 13.2 Å². The number of carbonyl (C=O) groups excluding carboxylic acids is 1. The molecule has 0 aromatic carbocycles. The molecule has 0 aromatic heterocycles. The molecule has 1 aliphatic rings. The van der Waals surface area contributed by atoms with Crippen LogP contribution < -0.4 is 5.32 Å². The lowest BCUT2D eigenvalue weighted by atomic mass is 10.2. The SMILES string of the molecule is CCNCCCCCN1CCN(CC(=O)OCC)CC1.